The van der Waals surface area contributed by atoms with Gasteiger partial charge in [-0.15, -0.1) is 5.10 Å². The molecule has 3 aromatic heterocycles. The van der Waals surface area contributed by atoms with Gasteiger partial charge in [-0.2, -0.15) is 0 Å². The Morgan fingerprint density at radius 1 is 1.30 bits per heavy atom. The lowest BCUT2D eigenvalue weighted by Gasteiger charge is -2.33. The Morgan fingerprint density at radius 2 is 2.07 bits per heavy atom. The molecule has 27 heavy (non-hydrogen) atoms. The third-order valence-corrected chi connectivity index (χ3v) is 4.62. The van der Waals surface area contributed by atoms with Gasteiger partial charge in [-0.05, 0) is 18.9 Å². The predicted molar refractivity (Wildman–Crippen MR) is 99.0 cm³/mol. The summed E-state index contributed by atoms with van der Waals surface area (Å²) in [6.07, 6.45) is 7.14. The molecular weight excluding hydrogens is 351 g/mol. The zero-order valence-electron chi connectivity index (χ0n) is 14.5. The lowest BCUT2D eigenvalue weighted by Crippen LogP contribution is -2.40. The molecule has 1 saturated heterocycles. The molecule has 1 aliphatic heterocycles. The van der Waals surface area contributed by atoms with Gasteiger partial charge >= 0.3 is 0 Å². The SMILES string of the molecule is Nc1nn2cc(F)cnc2c1C(=O)Nc1cnccc1N1CCC(N)CC1. The maximum atomic E-state index is 13.3. The summed E-state index contributed by atoms with van der Waals surface area (Å²) < 4.78 is 14.5. The highest BCUT2D eigenvalue weighted by Crippen LogP contribution is 2.28. The van der Waals surface area contributed by atoms with Gasteiger partial charge in [-0.3, -0.25) is 9.78 Å². The van der Waals surface area contributed by atoms with E-state index in [1.165, 1.54) is 0 Å². The van der Waals surface area contributed by atoms with Crippen LogP contribution in [0.4, 0.5) is 21.6 Å². The Kier molecular flexibility index (Phi) is 4.32. The predicted octanol–water partition coefficient (Wildman–Crippen LogP) is 1.03. The molecule has 140 valence electrons. The van der Waals surface area contributed by atoms with Gasteiger partial charge in [0.05, 0.1) is 30.0 Å². The number of aromatic nitrogens is 4. The summed E-state index contributed by atoms with van der Waals surface area (Å²) in [6, 6.07) is 2.05. The van der Waals surface area contributed by atoms with Crippen LogP contribution >= 0.6 is 0 Å². The van der Waals surface area contributed by atoms with Gasteiger partial charge in [0, 0.05) is 25.3 Å². The monoisotopic (exact) mass is 370 g/mol. The van der Waals surface area contributed by atoms with Crippen LogP contribution in [0.1, 0.15) is 23.2 Å². The van der Waals surface area contributed by atoms with Gasteiger partial charge in [0.2, 0.25) is 0 Å². The highest BCUT2D eigenvalue weighted by atomic mass is 19.1. The topological polar surface area (TPSA) is 127 Å². The van der Waals surface area contributed by atoms with Crippen molar-refractivity contribution in [3.05, 3.63) is 42.2 Å². The van der Waals surface area contributed by atoms with Crippen LogP contribution < -0.4 is 21.7 Å². The Balaban J connectivity index is 1.64. The highest BCUT2D eigenvalue weighted by Gasteiger charge is 2.23. The normalized spacial score (nSPS) is 15.3. The molecular formula is C17H19FN8O. The first kappa shape index (κ1) is 17.2. The van der Waals surface area contributed by atoms with E-state index < -0.39 is 11.7 Å². The van der Waals surface area contributed by atoms with Crippen LogP contribution in [-0.2, 0) is 0 Å². The fraction of sp³-hybridized carbons (Fsp3) is 0.294. The first-order valence-corrected chi connectivity index (χ1v) is 8.58. The fourth-order valence-electron chi connectivity index (χ4n) is 3.23. The number of rotatable bonds is 3. The van der Waals surface area contributed by atoms with Crippen LogP contribution in [0.15, 0.2) is 30.9 Å². The van der Waals surface area contributed by atoms with E-state index >= 15 is 0 Å². The Morgan fingerprint density at radius 3 is 2.85 bits per heavy atom. The molecule has 1 aliphatic rings. The molecule has 3 aromatic rings. The van der Waals surface area contributed by atoms with E-state index in [0.717, 1.165) is 48.5 Å². The van der Waals surface area contributed by atoms with Gasteiger partial charge in [0.15, 0.2) is 17.3 Å². The lowest BCUT2D eigenvalue weighted by atomic mass is 10.1. The summed E-state index contributed by atoms with van der Waals surface area (Å²) in [5, 5.41) is 6.78. The number of carbonyl (C=O) groups excluding carboxylic acids is 1. The largest absolute Gasteiger partial charge is 0.381 e. The van der Waals surface area contributed by atoms with Crippen LogP contribution in [0, 0.1) is 5.82 Å². The number of pyridine rings is 1. The number of nitrogens with one attached hydrogen (secondary N) is 1. The number of halogens is 1. The number of hydrogen-bond donors (Lipinski definition) is 3. The summed E-state index contributed by atoms with van der Waals surface area (Å²) in [7, 11) is 0. The molecule has 1 amide bonds. The third-order valence-electron chi connectivity index (χ3n) is 4.62. The minimum atomic E-state index is -0.574. The summed E-state index contributed by atoms with van der Waals surface area (Å²) in [5.41, 5.74) is 13.5. The molecule has 0 radical (unpaired) electrons. The first-order valence-electron chi connectivity index (χ1n) is 8.58. The van der Waals surface area contributed by atoms with Crippen LogP contribution in [0.3, 0.4) is 0 Å². The third kappa shape index (κ3) is 3.26. The van der Waals surface area contributed by atoms with Crippen molar-refractivity contribution in [3.63, 3.8) is 0 Å². The van der Waals surface area contributed by atoms with Crippen molar-refractivity contribution in [2.24, 2.45) is 5.73 Å². The van der Waals surface area contributed by atoms with Crippen molar-refractivity contribution >= 4 is 28.7 Å². The molecule has 4 heterocycles. The van der Waals surface area contributed by atoms with Crippen LogP contribution in [-0.4, -0.2) is 44.6 Å². The molecule has 0 saturated carbocycles. The zero-order valence-corrected chi connectivity index (χ0v) is 14.5. The van der Waals surface area contributed by atoms with Gasteiger partial charge in [-0.1, -0.05) is 0 Å². The average molecular weight is 370 g/mol. The second-order valence-corrected chi connectivity index (χ2v) is 6.47. The Labute approximate surface area is 154 Å². The standard InChI is InChI=1S/C17H19FN8O/c18-10-7-22-16-14(15(20)24-26(16)9-10)17(27)23-12-8-21-4-1-13(12)25-5-2-11(19)3-6-25/h1,4,7-9,11H,2-3,5-6,19H2,(H2,20,24)(H,23,27). The summed E-state index contributed by atoms with van der Waals surface area (Å²) in [4.78, 5) is 23.0. The second kappa shape index (κ2) is 6.80. The van der Waals surface area contributed by atoms with Crippen LogP contribution in [0.5, 0.6) is 0 Å². The minimum absolute atomic E-state index is 0.0278. The van der Waals surface area contributed by atoms with Crippen molar-refractivity contribution in [2.75, 3.05) is 29.0 Å². The lowest BCUT2D eigenvalue weighted by molar-refractivity contribution is 0.102. The second-order valence-electron chi connectivity index (χ2n) is 6.47. The van der Waals surface area contributed by atoms with Crippen LogP contribution in [0.2, 0.25) is 0 Å². The molecule has 0 atom stereocenters. The van der Waals surface area contributed by atoms with Gasteiger partial charge in [0.25, 0.3) is 5.91 Å². The van der Waals surface area contributed by atoms with E-state index in [2.05, 4.69) is 25.3 Å². The first-order chi connectivity index (χ1) is 13.0. The molecule has 0 spiro atoms. The number of fused-ring (bicyclic) bond motifs is 1. The van der Waals surface area contributed by atoms with Gasteiger partial charge in [-0.25, -0.2) is 13.9 Å². The molecule has 0 unspecified atom stereocenters. The van der Waals surface area contributed by atoms with Crippen molar-refractivity contribution < 1.29 is 9.18 Å². The number of nitrogens with two attached hydrogens (primary N) is 2. The number of carbonyl (C=O) groups is 1. The van der Waals surface area contributed by atoms with Crippen LogP contribution in [0.25, 0.3) is 5.65 Å². The number of nitrogens with zero attached hydrogens (tertiary/aromatic N) is 5. The molecule has 0 aromatic carbocycles. The van der Waals surface area contributed by atoms with Crippen molar-refractivity contribution in [3.8, 4) is 0 Å². The van der Waals surface area contributed by atoms with Gasteiger partial charge < -0.3 is 21.7 Å². The van der Waals surface area contributed by atoms with E-state index in [4.69, 9.17) is 11.5 Å². The maximum absolute atomic E-state index is 13.3. The molecule has 1 fully saturated rings. The van der Waals surface area contributed by atoms with E-state index in [1.807, 2.05) is 6.07 Å². The molecule has 5 N–H and O–H groups in total. The molecule has 0 aliphatic carbocycles. The maximum Gasteiger partial charge on any atom is 0.263 e. The summed E-state index contributed by atoms with van der Waals surface area (Å²) >= 11 is 0. The van der Waals surface area contributed by atoms with Gasteiger partial charge in [0.1, 0.15) is 5.56 Å². The molecule has 4 rings (SSSR count). The highest BCUT2D eigenvalue weighted by molar-refractivity contribution is 6.12. The number of nitrogen functional groups attached to an aromatic ring is 1. The summed E-state index contributed by atoms with van der Waals surface area (Å²) in [5.74, 6) is -1.08. The Bertz CT molecular complexity index is 996. The molecule has 9 nitrogen and oxygen atoms in total. The molecule has 0 bridgehead atoms. The summed E-state index contributed by atoms with van der Waals surface area (Å²) in [6.45, 7) is 1.60. The van der Waals surface area contributed by atoms with E-state index in [-0.39, 0.29) is 23.1 Å². The average Bonchev–Trinajstić information content (AvgIpc) is 2.98. The Hall–Kier alpha value is -3.27. The number of amides is 1. The molecule has 10 heteroatoms. The van der Waals surface area contributed by atoms with Crippen molar-refractivity contribution in [1.82, 2.24) is 19.6 Å². The quantitative estimate of drug-likeness (QED) is 0.628. The minimum Gasteiger partial charge on any atom is -0.381 e. The van der Waals surface area contributed by atoms with E-state index in [9.17, 15) is 9.18 Å². The van der Waals surface area contributed by atoms with Crippen molar-refractivity contribution in [1.29, 1.82) is 0 Å². The van der Waals surface area contributed by atoms with E-state index in [0.29, 0.717) is 5.69 Å². The zero-order chi connectivity index (χ0) is 19.0. The van der Waals surface area contributed by atoms with Crippen molar-refractivity contribution in [2.45, 2.75) is 18.9 Å². The smallest absolute Gasteiger partial charge is 0.263 e. The number of piperidine rings is 1. The fourth-order valence-corrected chi connectivity index (χ4v) is 3.23. The number of hydrogen-bond acceptors (Lipinski definition) is 7. The van der Waals surface area contributed by atoms with E-state index in [1.54, 1.807) is 12.4 Å². The number of anilines is 3.